The van der Waals surface area contributed by atoms with Gasteiger partial charge in [0.2, 0.25) is 0 Å². The normalized spacial score (nSPS) is 13.9. The Balaban J connectivity index is 2.50. The maximum absolute atomic E-state index is 13.5. The maximum atomic E-state index is 13.5. The molecule has 1 N–H and O–H groups in total. The minimum Gasteiger partial charge on any atom is -0.478 e. The molecule has 0 unspecified atom stereocenters. The summed E-state index contributed by atoms with van der Waals surface area (Å²) in [6.07, 6.45) is 2.44. The molecule has 4 heteroatoms. The summed E-state index contributed by atoms with van der Waals surface area (Å²) in [4.78, 5) is 16.0. The number of rotatable bonds is 1. The second-order valence-electron chi connectivity index (χ2n) is 4.69. The Morgan fingerprint density at radius 1 is 1.39 bits per heavy atom. The number of aromatic nitrogens is 1. The van der Waals surface area contributed by atoms with E-state index in [1.165, 1.54) is 12.1 Å². The predicted octanol–water partition coefficient (Wildman–Crippen LogP) is 2.87. The Kier molecular flexibility index (Phi) is 2.33. The fourth-order valence-electron chi connectivity index (χ4n) is 2.74. The summed E-state index contributed by atoms with van der Waals surface area (Å²) in [5.41, 5.74) is 3.15. The molecular weight excluding hydrogens is 233 g/mol. The van der Waals surface area contributed by atoms with Gasteiger partial charge < -0.3 is 5.11 Å². The number of carboxylic acids is 1. The molecule has 1 aliphatic carbocycles. The molecule has 0 saturated carbocycles. The fourth-order valence-corrected chi connectivity index (χ4v) is 2.74. The van der Waals surface area contributed by atoms with E-state index in [1.54, 1.807) is 6.92 Å². The lowest BCUT2D eigenvalue weighted by Gasteiger charge is -2.10. The summed E-state index contributed by atoms with van der Waals surface area (Å²) < 4.78 is 13.5. The monoisotopic (exact) mass is 245 g/mol. The molecule has 2 aromatic rings. The molecule has 1 aliphatic rings. The van der Waals surface area contributed by atoms with Crippen LogP contribution in [0.25, 0.3) is 10.9 Å². The molecule has 92 valence electrons. The van der Waals surface area contributed by atoms with Gasteiger partial charge in [-0.2, -0.15) is 0 Å². The Bertz CT molecular complexity index is 679. The molecule has 0 atom stereocenters. The van der Waals surface area contributed by atoms with E-state index in [0.717, 1.165) is 30.5 Å². The van der Waals surface area contributed by atoms with Crippen LogP contribution in [0.15, 0.2) is 12.1 Å². The van der Waals surface area contributed by atoms with Crippen LogP contribution >= 0.6 is 0 Å². The van der Waals surface area contributed by atoms with Crippen molar-refractivity contribution in [3.63, 3.8) is 0 Å². The van der Waals surface area contributed by atoms with Crippen LogP contribution in [0.3, 0.4) is 0 Å². The predicted molar refractivity (Wildman–Crippen MR) is 65.4 cm³/mol. The van der Waals surface area contributed by atoms with Crippen LogP contribution in [0.5, 0.6) is 0 Å². The zero-order valence-electron chi connectivity index (χ0n) is 9.96. The van der Waals surface area contributed by atoms with Crippen molar-refractivity contribution in [2.24, 2.45) is 0 Å². The summed E-state index contributed by atoms with van der Waals surface area (Å²) in [6.45, 7) is 1.76. The number of pyridine rings is 1. The molecule has 3 nitrogen and oxygen atoms in total. The summed E-state index contributed by atoms with van der Waals surface area (Å²) in [7, 11) is 0. The zero-order valence-corrected chi connectivity index (χ0v) is 9.96. The van der Waals surface area contributed by atoms with Gasteiger partial charge in [-0.15, -0.1) is 0 Å². The van der Waals surface area contributed by atoms with E-state index in [9.17, 15) is 14.3 Å². The van der Waals surface area contributed by atoms with Crippen molar-refractivity contribution in [3.05, 3.63) is 40.3 Å². The standard InChI is InChI=1S/C14H12FNO2/c1-7-5-8(15)6-10-12(14(17)18)9-3-2-4-11(9)16-13(7)10/h5-6H,2-4H2,1H3,(H,17,18). The zero-order chi connectivity index (χ0) is 12.9. The number of fused-ring (bicyclic) bond motifs is 2. The highest BCUT2D eigenvalue weighted by molar-refractivity contribution is 6.05. The number of hydrogen-bond donors (Lipinski definition) is 1. The van der Waals surface area contributed by atoms with E-state index in [0.29, 0.717) is 16.5 Å². The lowest BCUT2D eigenvalue weighted by molar-refractivity contribution is 0.0698. The van der Waals surface area contributed by atoms with Gasteiger partial charge in [0.15, 0.2) is 0 Å². The third-order valence-corrected chi connectivity index (χ3v) is 3.49. The van der Waals surface area contributed by atoms with Crippen molar-refractivity contribution in [2.45, 2.75) is 26.2 Å². The van der Waals surface area contributed by atoms with E-state index < -0.39 is 11.8 Å². The Morgan fingerprint density at radius 2 is 2.17 bits per heavy atom. The van der Waals surface area contributed by atoms with Crippen LogP contribution in [0.2, 0.25) is 0 Å². The molecule has 1 aromatic carbocycles. The van der Waals surface area contributed by atoms with E-state index in [-0.39, 0.29) is 5.56 Å². The number of halogens is 1. The number of aromatic carboxylic acids is 1. The number of aryl methyl sites for hydroxylation is 2. The molecule has 18 heavy (non-hydrogen) atoms. The molecule has 0 saturated heterocycles. The lowest BCUT2D eigenvalue weighted by atomic mass is 9.99. The topological polar surface area (TPSA) is 50.2 Å². The van der Waals surface area contributed by atoms with Gasteiger partial charge in [0.25, 0.3) is 0 Å². The average Bonchev–Trinajstić information content (AvgIpc) is 2.73. The number of benzene rings is 1. The minimum atomic E-state index is -0.995. The van der Waals surface area contributed by atoms with Crippen molar-refractivity contribution in [1.82, 2.24) is 4.98 Å². The molecule has 1 heterocycles. The van der Waals surface area contributed by atoms with Crippen LogP contribution < -0.4 is 0 Å². The highest BCUT2D eigenvalue weighted by Gasteiger charge is 2.24. The highest BCUT2D eigenvalue weighted by Crippen LogP contribution is 2.31. The van der Waals surface area contributed by atoms with Gasteiger partial charge in [0, 0.05) is 11.1 Å². The van der Waals surface area contributed by atoms with Gasteiger partial charge in [0.05, 0.1) is 11.1 Å². The van der Waals surface area contributed by atoms with E-state index in [2.05, 4.69) is 4.98 Å². The third kappa shape index (κ3) is 1.49. The van der Waals surface area contributed by atoms with Gasteiger partial charge in [-0.3, -0.25) is 4.98 Å². The maximum Gasteiger partial charge on any atom is 0.336 e. The minimum absolute atomic E-state index is 0.232. The Hall–Kier alpha value is -1.97. The van der Waals surface area contributed by atoms with Crippen LogP contribution in [0.4, 0.5) is 4.39 Å². The molecule has 0 spiro atoms. The number of nitrogens with zero attached hydrogens (tertiary/aromatic N) is 1. The molecule has 0 aliphatic heterocycles. The van der Waals surface area contributed by atoms with Gasteiger partial charge in [-0.1, -0.05) is 0 Å². The number of carboxylic acid groups (broad SMARTS) is 1. The van der Waals surface area contributed by atoms with Gasteiger partial charge >= 0.3 is 5.97 Å². The number of hydrogen-bond acceptors (Lipinski definition) is 2. The van der Waals surface area contributed by atoms with E-state index in [4.69, 9.17) is 0 Å². The highest BCUT2D eigenvalue weighted by atomic mass is 19.1. The van der Waals surface area contributed by atoms with Crippen molar-refractivity contribution in [2.75, 3.05) is 0 Å². The van der Waals surface area contributed by atoms with Crippen molar-refractivity contribution in [1.29, 1.82) is 0 Å². The first kappa shape index (κ1) is 11.1. The molecule has 1 aromatic heterocycles. The van der Waals surface area contributed by atoms with Crippen molar-refractivity contribution >= 4 is 16.9 Å². The first-order valence-electron chi connectivity index (χ1n) is 5.93. The molecule has 0 amide bonds. The van der Waals surface area contributed by atoms with E-state index in [1.807, 2.05) is 0 Å². The first-order chi connectivity index (χ1) is 8.58. The second kappa shape index (κ2) is 3.77. The SMILES string of the molecule is Cc1cc(F)cc2c(C(=O)O)c3c(nc12)CCC3. The quantitative estimate of drug-likeness (QED) is 0.840. The van der Waals surface area contributed by atoms with Crippen LogP contribution in [0, 0.1) is 12.7 Å². The summed E-state index contributed by atoms with van der Waals surface area (Å²) >= 11 is 0. The molecule has 3 rings (SSSR count). The summed E-state index contributed by atoms with van der Waals surface area (Å²) in [5, 5.41) is 9.80. The number of carbonyl (C=O) groups is 1. The van der Waals surface area contributed by atoms with Gasteiger partial charge in [-0.05, 0) is 49.4 Å². The van der Waals surface area contributed by atoms with Crippen LogP contribution in [-0.2, 0) is 12.8 Å². The van der Waals surface area contributed by atoms with Gasteiger partial charge in [-0.25, -0.2) is 9.18 Å². The molecule has 0 fully saturated rings. The van der Waals surface area contributed by atoms with Gasteiger partial charge in [0.1, 0.15) is 5.82 Å². The molecule has 0 bridgehead atoms. The first-order valence-corrected chi connectivity index (χ1v) is 5.93. The Morgan fingerprint density at radius 3 is 2.89 bits per heavy atom. The second-order valence-corrected chi connectivity index (χ2v) is 4.69. The average molecular weight is 245 g/mol. The lowest BCUT2D eigenvalue weighted by Crippen LogP contribution is -2.06. The third-order valence-electron chi connectivity index (χ3n) is 3.49. The van der Waals surface area contributed by atoms with Crippen LogP contribution in [0.1, 0.15) is 33.6 Å². The fraction of sp³-hybridized carbons (Fsp3) is 0.286. The van der Waals surface area contributed by atoms with Crippen molar-refractivity contribution < 1.29 is 14.3 Å². The summed E-state index contributed by atoms with van der Waals surface area (Å²) in [5.74, 6) is -1.41. The molecule has 0 radical (unpaired) electrons. The molecular formula is C14H12FNO2. The van der Waals surface area contributed by atoms with Crippen molar-refractivity contribution in [3.8, 4) is 0 Å². The Labute approximate surface area is 103 Å². The summed E-state index contributed by atoms with van der Waals surface area (Å²) in [6, 6.07) is 2.67. The largest absolute Gasteiger partial charge is 0.478 e. The smallest absolute Gasteiger partial charge is 0.336 e. The van der Waals surface area contributed by atoms with E-state index >= 15 is 0 Å². The van der Waals surface area contributed by atoms with Crippen LogP contribution in [-0.4, -0.2) is 16.1 Å².